The molecule has 0 nitrogen and oxygen atoms in total. The molecule has 2 heteroatoms. The van der Waals surface area contributed by atoms with Crippen LogP contribution in [0.5, 0.6) is 0 Å². The van der Waals surface area contributed by atoms with E-state index in [0.29, 0.717) is 0 Å². The van der Waals surface area contributed by atoms with Gasteiger partial charge >= 0.3 is 29.6 Å². The van der Waals surface area contributed by atoms with Crippen LogP contribution in [0.1, 0.15) is 0 Å². The van der Waals surface area contributed by atoms with Gasteiger partial charge in [-0.05, 0) is 16.4 Å². The minimum Gasteiger partial charge on any atom is -0.0622 e. The number of rotatable bonds is 1. The summed E-state index contributed by atoms with van der Waals surface area (Å²) in [6.45, 7) is 0. The molecule has 0 heterocycles. The molecule has 0 aliphatic carbocycles. The summed E-state index contributed by atoms with van der Waals surface area (Å²) in [5.41, 5.74) is 2.55. The molecule has 0 radical (unpaired) electrons. The number of hydrogen-bond donors (Lipinski definition) is 0. The summed E-state index contributed by atoms with van der Waals surface area (Å²) < 4.78 is 0. The average molecular weight is 288 g/mol. The van der Waals surface area contributed by atoms with E-state index in [1.807, 2.05) is 42.5 Å². The van der Waals surface area contributed by atoms with Gasteiger partial charge in [-0.2, -0.15) is 0 Å². The maximum absolute atomic E-state index is 2.63. The zero-order valence-electron chi connectivity index (χ0n) is 10.7. The molecule has 96 valence electrons. The number of benzene rings is 3. The Labute approximate surface area is 145 Å². The predicted octanol–water partition coefficient (Wildman–Crippen LogP) is 3.89. The van der Waals surface area contributed by atoms with Crippen molar-refractivity contribution in [3.05, 3.63) is 91.0 Å². The Balaban J connectivity index is 0.000000216. The van der Waals surface area contributed by atoms with Crippen molar-refractivity contribution < 1.29 is 0 Å². The monoisotopic (exact) mass is 288 g/mol. The van der Waals surface area contributed by atoms with Crippen LogP contribution in [-0.2, 0) is 0 Å². The standard InChI is InChI=1S/C12H10.C6H7P.Na.H/c1-3-7-11(8-4-1)12-9-5-2-6-10-12;7-6-4-2-1-3-5-6;;/h1-10H;1-5H,7H2;;. The fraction of sp³-hybridized carbons (Fsp3) is 0. The molecule has 0 amide bonds. The van der Waals surface area contributed by atoms with Crippen molar-refractivity contribution in [2.24, 2.45) is 0 Å². The van der Waals surface area contributed by atoms with Crippen LogP contribution in [0.3, 0.4) is 0 Å². The van der Waals surface area contributed by atoms with Gasteiger partial charge in [0.2, 0.25) is 0 Å². The van der Waals surface area contributed by atoms with Crippen LogP contribution in [0.15, 0.2) is 91.0 Å². The zero-order valence-corrected chi connectivity index (χ0v) is 11.9. The first-order valence-electron chi connectivity index (χ1n) is 6.27. The fourth-order valence-electron chi connectivity index (χ4n) is 1.71. The first-order valence-corrected chi connectivity index (χ1v) is 6.85. The Morgan fingerprint density at radius 3 is 1.00 bits per heavy atom. The second-order valence-corrected chi connectivity index (χ2v) is 4.81. The van der Waals surface area contributed by atoms with E-state index in [0.717, 1.165) is 0 Å². The van der Waals surface area contributed by atoms with E-state index in [1.54, 1.807) is 0 Å². The molecule has 0 saturated heterocycles. The van der Waals surface area contributed by atoms with Crippen LogP contribution in [0.25, 0.3) is 11.1 Å². The van der Waals surface area contributed by atoms with Crippen LogP contribution < -0.4 is 5.30 Å². The third-order valence-electron chi connectivity index (χ3n) is 2.68. The van der Waals surface area contributed by atoms with Crippen LogP contribution in [-0.4, -0.2) is 29.6 Å². The molecule has 20 heavy (non-hydrogen) atoms. The first-order chi connectivity index (χ1) is 9.36. The van der Waals surface area contributed by atoms with E-state index in [9.17, 15) is 0 Å². The van der Waals surface area contributed by atoms with Gasteiger partial charge in [0.15, 0.2) is 0 Å². The summed E-state index contributed by atoms with van der Waals surface area (Å²) in [7, 11) is 2.63. The largest absolute Gasteiger partial charge is 0.0622 e. The van der Waals surface area contributed by atoms with Crippen LogP contribution in [0, 0.1) is 0 Å². The molecule has 3 aromatic carbocycles. The summed E-state index contributed by atoms with van der Waals surface area (Å²) in [6, 6.07) is 30.9. The Hall–Kier alpha value is -0.910. The molecule has 3 aromatic rings. The molecule has 3 rings (SSSR count). The fourth-order valence-corrected chi connectivity index (χ4v) is 1.94. The maximum Gasteiger partial charge on any atom is -0.0184 e. The van der Waals surface area contributed by atoms with E-state index in [2.05, 4.69) is 57.8 Å². The van der Waals surface area contributed by atoms with Crippen molar-refractivity contribution >= 4 is 44.1 Å². The van der Waals surface area contributed by atoms with Crippen molar-refractivity contribution in [1.29, 1.82) is 0 Å². The molecule has 1 atom stereocenters. The molecule has 0 fully saturated rings. The predicted molar refractivity (Wildman–Crippen MR) is 94.8 cm³/mol. The zero-order chi connectivity index (χ0) is 13.3. The van der Waals surface area contributed by atoms with Gasteiger partial charge in [-0.15, -0.1) is 9.24 Å². The van der Waals surface area contributed by atoms with Gasteiger partial charge in [0.05, 0.1) is 0 Å². The topological polar surface area (TPSA) is 0 Å². The Morgan fingerprint density at radius 1 is 0.450 bits per heavy atom. The molecule has 0 aliphatic heterocycles. The number of hydrogen-bond acceptors (Lipinski definition) is 0. The Kier molecular flexibility index (Phi) is 8.49. The summed E-state index contributed by atoms with van der Waals surface area (Å²) in [5, 5.41) is 1.24. The minimum atomic E-state index is 0. The van der Waals surface area contributed by atoms with Crippen molar-refractivity contribution in [1.82, 2.24) is 0 Å². The average Bonchev–Trinajstić information content (AvgIpc) is 2.51. The van der Waals surface area contributed by atoms with E-state index in [1.165, 1.54) is 16.4 Å². The summed E-state index contributed by atoms with van der Waals surface area (Å²) >= 11 is 0. The van der Waals surface area contributed by atoms with Gasteiger partial charge in [-0.3, -0.25) is 0 Å². The smallest absolute Gasteiger partial charge is 0.0184 e. The van der Waals surface area contributed by atoms with E-state index >= 15 is 0 Å². The van der Waals surface area contributed by atoms with E-state index in [4.69, 9.17) is 0 Å². The molecule has 0 saturated carbocycles. The Morgan fingerprint density at radius 2 is 0.750 bits per heavy atom. The second kappa shape index (κ2) is 9.91. The molecule has 1 unspecified atom stereocenters. The molecule has 0 bridgehead atoms. The molecule has 0 aliphatic rings. The van der Waals surface area contributed by atoms with Crippen LogP contribution in [0.2, 0.25) is 0 Å². The van der Waals surface area contributed by atoms with Gasteiger partial charge in [0, 0.05) is 0 Å². The first kappa shape index (κ1) is 17.1. The summed E-state index contributed by atoms with van der Waals surface area (Å²) in [4.78, 5) is 0. The summed E-state index contributed by atoms with van der Waals surface area (Å²) in [5.74, 6) is 0. The van der Waals surface area contributed by atoms with E-state index in [-0.39, 0.29) is 29.6 Å². The van der Waals surface area contributed by atoms with Gasteiger partial charge in [0.25, 0.3) is 0 Å². The van der Waals surface area contributed by atoms with Crippen LogP contribution >= 0.6 is 9.24 Å². The van der Waals surface area contributed by atoms with Crippen molar-refractivity contribution in [3.63, 3.8) is 0 Å². The minimum absolute atomic E-state index is 0. The van der Waals surface area contributed by atoms with Gasteiger partial charge in [-0.1, -0.05) is 91.0 Å². The van der Waals surface area contributed by atoms with E-state index < -0.39 is 0 Å². The normalized spacial score (nSPS) is 8.85. The quantitative estimate of drug-likeness (QED) is 0.471. The molecule has 0 N–H and O–H groups in total. The van der Waals surface area contributed by atoms with Gasteiger partial charge in [0.1, 0.15) is 0 Å². The Bertz CT molecular complexity index is 542. The molecular formula is C18H18NaP. The molecule has 0 spiro atoms. The van der Waals surface area contributed by atoms with Crippen molar-refractivity contribution in [2.45, 2.75) is 0 Å². The molecular weight excluding hydrogens is 270 g/mol. The maximum atomic E-state index is 2.63. The molecule has 0 aromatic heterocycles. The van der Waals surface area contributed by atoms with Crippen molar-refractivity contribution in [3.8, 4) is 11.1 Å². The van der Waals surface area contributed by atoms with Crippen LogP contribution in [0.4, 0.5) is 0 Å². The van der Waals surface area contributed by atoms with Gasteiger partial charge < -0.3 is 0 Å². The summed E-state index contributed by atoms with van der Waals surface area (Å²) in [6.07, 6.45) is 0. The second-order valence-electron chi connectivity index (χ2n) is 4.14. The third-order valence-corrected chi connectivity index (χ3v) is 3.07. The van der Waals surface area contributed by atoms with Crippen molar-refractivity contribution in [2.75, 3.05) is 0 Å². The third kappa shape index (κ3) is 6.03. The van der Waals surface area contributed by atoms with Gasteiger partial charge in [-0.25, -0.2) is 0 Å². The SMILES string of the molecule is Pc1ccccc1.[NaH].c1ccc(-c2ccccc2)cc1.